The van der Waals surface area contributed by atoms with Crippen LogP contribution >= 0.6 is 23.2 Å². The lowest BCUT2D eigenvalue weighted by atomic mass is 10.1. The molecule has 0 saturated heterocycles. The van der Waals surface area contributed by atoms with E-state index in [9.17, 15) is 0 Å². The van der Waals surface area contributed by atoms with Gasteiger partial charge in [0, 0.05) is 7.05 Å². The molecule has 1 aromatic rings. The van der Waals surface area contributed by atoms with E-state index in [2.05, 4.69) is 24.1 Å². The topological polar surface area (TPSA) is 24.9 Å². The van der Waals surface area contributed by atoms with Crippen molar-refractivity contribution in [1.82, 2.24) is 4.98 Å². The molecule has 0 fully saturated rings. The monoisotopic (exact) mass is 232 g/mol. The van der Waals surface area contributed by atoms with E-state index in [0.717, 1.165) is 12.1 Å². The average Bonchev–Trinajstić information content (AvgIpc) is 2.09. The van der Waals surface area contributed by atoms with Gasteiger partial charge in [0.15, 0.2) is 0 Å². The number of anilines is 1. The fourth-order valence-corrected chi connectivity index (χ4v) is 1.74. The van der Waals surface area contributed by atoms with Gasteiger partial charge in [-0.1, -0.05) is 37.0 Å². The van der Waals surface area contributed by atoms with Crippen molar-refractivity contribution >= 4 is 29.0 Å². The molecule has 0 bridgehead atoms. The largest absolute Gasteiger partial charge is 0.372 e. The SMILES string of the molecule is CNc1nc(CC(C)C)c(Cl)cc1Cl. The second-order valence-corrected chi connectivity index (χ2v) is 4.41. The molecule has 0 aliphatic rings. The van der Waals surface area contributed by atoms with Gasteiger partial charge in [0.2, 0.25) is 0 Å². The molecule has 0 amide bonds. The van der Waals surface area contributed by atoms with E-state index in [1.807, 2.05) is 0 Å². The van der Waals surface area contributed by atoms with Gasteiger partial charge in [-0.2, -0.15) is 0 Å². The Balaban J connectivity index is 3.04. The minimum absolute atomic E-state index is 0.533. The normalized spacial score (nSPS) is 10.7. The molecule has 4 heteroatoms. The predicted octanol–water partition coefficient (Wildman–Crippen LogP) is 3.63. The first-order valence-electron chi connectivity index (χ1n) is 4.57. The second kappa shape index (κ2) is 4.85. The number of hydrogen-bond donors (Lipinski definition) is 1. The van der Waals surface area contributed by atoms with Gasteiger partial charge >= 0.3 is 0 Å². The van der Waals surface area contributed by atoms with Crippen molar-refractivity contribution in [3.8, 4) is 0 Å². The van der Waals surface area contributed by atoms with Gasteiger partial charge in [0.25, 0.3) is 0 Å². The molecule has 0 unspecified atom stereocenters. The third kappa shape index (κ3) is 2.76. The lowest BCUT2D eigenvalue weighted by Crippen LogP contribution is -2.02. The summed E-state index contributed by atoms with van der Waals surface area (Å²) >= 11 is 12.0. The lowest BCUT2D eigenvalue weighted by molar-refractivity contribution is 0.636. The summed E-state index contributed by atoms with van der Waals surface area (Å²) in [7, 11) is 1.79. The van der Waals surface area contributed by atoms with Crippen LogP contribution in [0.25, 0.3) is 0 Å². The van der Waals surface area contributed by atoms with Gasteiger partial charge in [-0.05, 0) is 18.4 Å². The highest BCUT2D eigenvalue weighted by molar-refractivity contribution is 6.36. The first-order chi connectivity index (χ1) is 6.54. The summed E-state index contributed by atoms with van der Waals surface area (Å²) in [6, 6.07) is 1.74. The maximum absolute atomic E-state index is 6.03. The Morgan fingerprint density at radius 2 is 2.00 bits per heavy atom. The molecule has 1 rings (SSSR count). The molecule has 78 valence electrons. The third-order valence-corrected chi connectivity index (χ3v) is 2.46. The van der Waals surface area contributed by atoms with Crippen molar-refractivity contribution in [1.29, 1.82) is 0 Å². The first-order valence-corrected chi connectivity index (χ1v) is 5.32. The fourth-order valence-electron chi connectivity index (χ4n) is 1.21. The van der Waals surface area contributed by atoms with Crippen molar-refractivity contribution in [2.45, 2.75) is 20.3 Å². The average molecular weight is 233 g/mol. The Labute approximate surface area is 94.6 Å². The number of hydrogen-bond acceptors (Lipinski definition) is 2. The molecule has 1 aromatic heterocycles. The van der Waals surface area contributed by atoms with Crippen LogP contribution < -0.4 is 5.32 Å². The number of nitrogens with zero attached hydrogens (tertiary/aromatic N) is 1. The number of rotatable bonds is 3. The zero-order valence-electron chi connectivity index (χ0n) is 8.56. The van der Waals surface area contributed by atoms with Gasteiger partial charge in [-0.15, -0.1) is 0 Å². The molecule has 14 heavy (non-hydrogen) atoms. The Kier molecular flexibility index (Phi) is 4.02. The Bertz CT molecular complexity index is 324. The van der Waals surface area contributed by atoms with Crippen LogP contribution in [-0.4, -0.2) is 12.0 Å². The van der Waals surface area contributed by atoms with Crippen LogP contribution in [0.5, 0.6) is 0 Å². The van der Waals surface area contributed by atoms with Crippen molar-refractivity contribution in [3.05, 3.63) is 21.8 Å². The van der Waals surface area contributed by atoms with Gasteiger partial charge < -0.3 is 5.32 Å². The third-order valence-electron chi connectivity index (χ3n) is 1.84. The summed E-state index contributed by atoms with van der Waals surface area (Å²) in [5.74, 6) is 1.22. The minimum atomic E-state index is 0.533. The van der Waals surface area contributed by atoms with Crippen molar-refractivity contribution < 1.29 is 0 Å². The van der Waals surface area contributed by atoms with Crippen molar-refractivity contribution in [2.75, 3.05) is 12.4 Å². The van der Waals surface area contributed by atoms with Crippen LogP contribution in [0, 0.1) is 5.92 Å². The smallest absolute Gasteiger partial charge is 0.144 e. The van der Waals surface area contributed by atoms with Crippen LogP contribution in [-0.2, 0) is 6.42 Å². The van der Waals surface area contributed by atoms with E-state index in [-0.39, 0.29) is 0 Å². The number of pyridine rings is 1. The predicted molar refractivity (Wildman–Crippen MR) is 62.3 cm³/mol. The minimum Gasteiger partial charge on any atom is -0.372 e. The summed E-state index contributed by atoms with van der Waals surface area (Å²) in [6.45, 7) is 4.26. The maximum Gasteiger partial charge on any atom is 0.144 e. The molecule has 0 aliphatic carbocycles. The molecule has 0 radical (unpaired) electrons. The Hall–Kier alpha value is -0.470. The lowest BCUT2D eigenvalue weighted by Gasteiger charge is -2.10. The van der Waals surface area contributed by atoms with E-state index >= 15 is 0 Å². The Morgan fingerprint density at radius 3 is 2.50 bits per heavy atom. The van der Waals surface area contributed by atoms with Gasteiger partial charge in [-0.3, -0.25) is 0 Å². The van der Waals surface area contributed by atoms with E-state index in [4.69, 9.17) is 23.2 Å². The molecule has 0 spiro atoms. The van der Waals surface area contributed by atoms with E-state index < -0.39 is 0 Å². The zero-order chi connectivity index (χ0) is 10.7. The Morgan fingerprint density at radius 1 is 1.36 bits per heavy atom. The molecule has 1 N–H and O–H groups in total. The first kappa shape index (κ1) is 11.6. The van der Waals surface area contributed by atoms with Crippen LogP contribution in [0.4, 0.5) is 5.82 Å². The van der Waals surface area contributed by atoms with Crippen molar-refractivity contribution in [2.24, 2.45) is 5.92 Å². The molecule has 0 saturated carbocycles. The van der Waals surface area contributed by atoms with E-state index in [1.165, 1.54) is 0 Å². The standard InChI is InChI=1S/C10H14Cl2N2/c1-6(2)4-9-7(11)5-8(12)10(13-3)14-9/h5-6H,4H2,1-3H3,(H,13,14). The number of halogens is 2. The van der Waals surface area contributed by atoms with Gasteiger partial charge in [0.05, 0.1) is 15.7 Å². The number of nitrogens with one attached hydrogen (secondary N) is 1. The van der Waals surface area contributed by atoms with Crippen LogP contribution in [0.1, 0.15) is 19.5 Å². The van der Waals surface area contributed by atoms with E-state index in [1.54, 1.807) is 13.1 Å². The summed E-state index contributed by atoms with van der Waals surface area (Å²) in [5.41, 5.74) is 0.899. The maximum atomic E-state index is 6.03. The molecular weight excluding hydrogens is 219 g/mol. The quantitative estimate of drug-likeness (QED) is 0.862. The summed E-state index contributed by atoms with van der Waals surface area (Å²) in [5, 5.41) is 4.14. The molecule has 0 aliphatic heterocycles. The molecule has 0 atom stereocenters. The summed E-state index contributed by atoms with van der Waals surface area (Å²) in [6.07, 6.45) is 0.866. The highest BCUT2D eigenvalue weighted by Crippen LogP contribution is 2.26. The molecular formula is C10H14Cl2N2. The van der Waals surface area contributed by atoms with Gasteiger partial charge in [-0.25, -0.2) is 4.98 Å². The summed E-state index contributed by atoms with van der Waals surface area (Å²) in [4.78, 5) is 4.36. The molecule has 2 nitrogen and oxygen atoms in total. The van der Waals surface area contributed by atoms with Crippen LogP contribution in [0.2, 0.25) is 10.0 Å². The van der Waals surface area contributed by atoms with Gasteiger partial charge in [0.1, 0.15) is 5.82 Å². The fraction of sp³-hybridized carbons (Fsp3) is 0.500. The molecule has 1 heterocycles. The van der Waals surface area contributed by atoms with Crippen LogP contribution in [0.15, 0.2) is 6.07 Å². The second-order valence-electron chi connectivity index (χ2n) is 3.60. The zero-order valence-corrected chi connectivity index (χ0v) is 10.1. The van der Waals surface area contributed by atoms with Crippen molar-refractivity contribution in [3.63, 3.8) is 0 Å². The van der Waals surface area contributed by atoms with E-state index in [0.29, 0.717) is 21.8 Å². The van der Waals surface area contributed by atoms with Crippen LogP contribution in [0.3, 0.4) is 0 Å². The number of aromatic nitrogens is 1. The highest BCUT2D eigenvalue weighted by atomic mass is 35.5. The summed E-state index contributed by atoms with van der Waals surface area (Å²) < 4.78 is 0. The highest BCUT2D eigenvalue weighted by Gasteiger charge is 2.09. The molecule has 0 aromatic carbocycles.